The van der Waals surface area contributed by atoms with Crippen molar-refractivity contribution < 1.29 is 13.2 Å². The molecule has 3 nitrogen and oxygen atoms in total. The van der Waals surface area contributed by atoms with E-state index in [0.717, 1.165) is 5.56 Å². The van der Waals surface area contributed by atoms with E-state index >= 15 is 0 Å². The van der Waals surface area contributed by atoms with E-state index in [-0.39, 0.29) is 18.7 Å². The third kappa shape index (κ3) is 2.85. The van der Waals surface area contributed by atoms with Crippen LogP contribution >= 0.6 is 11.6 Å². The quantitative estimate of drug-likeness (QED) is 0.779. The maximum atomic E-state index is 12.6. The van der Waals surface area contributed by atoms with Gasteiger partial charge < -0.3 is 4.90 Å². The van der Waals surface area contributed by atoms with Gasteiger partial charge in [-0.05, 0) is 12.8 Å². The molecule has 1 aromatic heterocycles. The molecule has 0 N–H and O–H groups in total. The molecule has 1 fully saturated rings. The van der Waals surface area contributed by atoms with Crippen molar-refractivity contribution in [3.63, 3.8) is 0 Å². The third-order valence-corrected chi connectivity index (χ3v) is 3.45. The monoisotopic (exact) mass is 279 g/mol. The predicted molar refractivity (Wildman–Crippen MR) is 62.6 cm³/mol. The van der Waals surface area contributed by atoms with Gasteiger partial charge in [-0.2, -0.15) is 13.2 Å². The Labute approximate surface area is 108 Å². The predicted octanol–water partition coefficient (Wildman–Crippen LogP) is 2.99. The van der Waals surface area contributed by atoms with Gasteiger partial charge in [-0.1, -0.05) is 0 Å². The van der Waals surface area contributed by atoms with E-state index in [2.05, 4.69) is 9.97 Å². The third-order valence-electron chi connectivity index (χ3n) is 3.17. The van der Waals surface area contributed by atoms with Crippen molar-refractivity contribution in [3.8, 4) is 0 Å². The topological polar surface area (TPSA) is 29.0 Å². The highest BCUT2D eigenvalue weighted by atomic mass is 35.5. The molecule has 18 heavy (non-hydrogen) atoms. The number of alkyl halides is 4. The number of piperidine rings is 1. The number of hydrogen-bond acceptors (Lipinski definition) is 3. The molecule has 1 aliphatic heterocycles. The van der Waals surface area contributed by atoms with Crippen LogP contribution in [0.4, 0.5) is 19.0 Å². The minimum atomic E-state index is -4.09. The fraction of sp³-hybridized carbons (Fsp3) is 0.636. The largest absolute Gasteiger partial charge is 0.391 e. The highest BCUT2D eigenvalue weighted by Gasteiger charge is 2.41. The first-order valence-electron chi connectivity index (χ1n) is 5.69. The Kier molecular flexibility index (Phi) is 3.94. The fourth-order valence-electron chi connectivity index (χ4n) is 2.15. The van der Waals surface area contributed by atoms with Crippen molar-refractivity contribution in [3.05, 3.63) is 18.1 Å². The van der Waals surface area contributed by atoms with Crippen molar-refractivity contribution in [2.75, 3.05) is 18.0 Å². The van der Waals surface area contributed by atoms with E-state index in [1.54, 1.807) is 6.20 Å². The summed E-state index contributed by atoms with van der Waals surface area (Å²) in [5.74, 6) is -0.286. The second-order valence-electron chi connectivity index (χ2n) is 4.31. The highest BCUT2D eigenvalue weighted by Crippen LogP contribution is 2.35. The van der Waals surface area contributed by atoms with Crippen LogP contribution < -0.4 is 4.90 Å². The maximum absolute atomic E-state index is 12.6. The summed E-state index contributed by atoms with van der Waals surface area (Å²) in [6.07, 6.45) is -0.885. The van der Waals surface area contributed by atoms with E-state index in [1.807, 2.05) is 4.90 Å². The lowest BCUT2D eigenvalue weighted by atomic mass is 9.96. The van der Waals surface area contributed by atoms with E-state index < -0.39 is 12.1 Å². The second-order valence-corrected chi connectivity index (χ2v) is 4.58. The molecule has 0 amide bonds. The molecule has 0 atom stereocenters. The zero-order valence-electron chi connectivity index (χ0n) is 9.62. The van der Waals surface area contributed by atoms with E-state index in [0.29, 0.717) is 18.9 Å². The minimum Gasteiger partial charge on any atom is -0.356 e. The van der Waals surface area contributed by atoms with Gasteiger partial charge in [-0.15, -0.1) is 11.6 Å². The van der Waals surface area contributed by atoms with Crippen LogP contribution in [0.2, 0.25) is 0 Å². The Morgan fingerprint density at radius 2 is 2.00 bits per heavy atom. The van der Waals surface area contributed by atoms with Crippen molar-refractivity contribution in [2.24, 2.45) is 5.92 Å². The first-order chi connectivity index (χ1) is 8.52. The molecule has 2 heterocycles. The van der Waals surface area contributed by atoms with Gasteiger partial charge in [0.1, 0.15) is 12.1 Å². The lowest BCUT2D eigenvalue weighted by molar-refractivity contribution is -0.179. The van der Waals surface area contributed by atoms with Crippen molar-refractivity contribution in [1.29, 1.82) is 0 Å². The van der Waals surface area contributed by atoms with Gasteiger partial charge in [0.2, 0.25) is 0 Å². The van der Waals surface area contributed by atoms with Crippen LogP contribution in [0.1, 0.15) is 18.4 Å². The molecule has 1 aromatic rings. The maximum Gasteiger partial charge on any atom is 0.391 e. The molecule has 0 unspecified atom stereocenters. The van der Waals surface area contributed by atoms with E-state index in [1.165, 1.54) is 6.33 Å². The van der Waals surface area contributed by atoms with Gasteiger partial charge >= 0.3 is 6.18 Å². The van der Waals surface area contributed by atoms with Gasteiger partial charge in [-0.3, -0.25) is 0 Å². The summed E-state index contributed by atoms with van der Waals surface area (Å²) in [6.45, 7) is 0.705. The van der Waals surface area contributed by atoms with Crippen LogP contribution in [-0.4, -0.2) is 29.2 Å². The van der Waals surface area contributed by atoms with E-state index in [4.69, 9.17) is 11.6 Å². The molecule has 100 valence electrons. The first-order valence-corrected chi connectivity index (χ1v) is 6.22. The summed E-state index contributed by atoms with van der Waals surface area (Å²) in [4.78, 5) is 9.82. The molecule has 7 heteroatoms. The van der Waals surface area contributed by atoms with Gasteiger partial charge in [0.05, 0.1) is 11.8 Å². The average Bonchev–Trinajstić information content (AvgIpc) is 2.38. The number of rotatable bonds is 2. The molecule has 0 saturated carbocycles. The average molecular weight is 280 g/mol. The Balaban J connectivity index is 2.06. The Bertz CT molecular complexity index is 403. The molecule has 0 aromatic carbocycles. The molecular formula is C11H13ClF3N3. The SMILES string of the molecule is FC(F)(F)C1CCN(c2ncncc2CCl)CC1. The Morgan fingerprint density at radius 1 is 1.33 bits per heavy atom. The van der Waals surface area contributed by atoms with Crippen LogP contribution in [-0.2, 0) is 5.88 Å². The molecule has 0 aliphatic carbocycles. The molecule has 1 saturated heterocycles. The second kappa shape index (κ2) is 5.30. The minimum absolute atomic E-state index is 0.106. The molecule has 0 bridgehead atoms. The number of aromatic nitrogens is 2. The molecule has 1 aliphatic rings. The standard InChI is InChI=1S/C11H13ClF3N3/c12-5-8-6-16-7-17-10(8)18-3-1-9(2-4-18)11(13,14)15/h6-7,9H,1-5H2. The molecule has 2 rings (SSSR count). The summed E-state index contributed by atoms with van der Waals surface area (Å²) in [7, 11) is 0. The van der Waals surface area contributed by atoms with Gasteiger partial charge in [0.15, 0.2) is 0 Å². The summed E-state index contributed by atoms with van der Waals surface area (Å²) in [5.41, 5.74) is 0.754. The summed E-state index contributed by atoms with van der Waals surface area (Å²) in [6, 6.07) is 0. The van der Waals surface area contributed by atoms with Crippen LogP contribution in [0.3, 0.4) is 0 Å². The zero-order valence-corrected chi connectivity index (χ0v) is 10.4. The fourth-order valence-corrected chi connectivity index (χ4v) is 2.34. The lowest BCUT2D eigenvalue weighted by Gasteiger charge is -2.34. The number of hydrogen-bond donors (Lipinski definition) is 0. The Hall–Kier alpha value is -1.04. The zero-order chi connectivity index (χ0) is 13.2. The summed E-state index contributed by atoms with van der Waals surface area (Å²) in [5, 5.41) is 0. The number of halogens is 4. The van der Waals surface area contributed by atoms with Crippen molar-refractivity contribution >= 4 is 17.4 Å². The van der Waals surface area contributed by atoms with Gasteiger partial charge in [0, 0.05) is 24.8 Å². The normalized spacial score (nSPS) is 18.1. The molecule has 0 spiro atoms. The van der Waals surface area contributed by atoms with Crippen LogP contribution in [0.25, 0.3) is 0 Å². The van der Waals surface area contributed by atoms with Gasteiger partial charge in [0.25, 0.3) is 0 Å². The van der Waals surface area contributed by atoms with Crippen molar-refractivity contribution in [1.82, 2.24) is 9.97 Å². The number of nitrogens with zero attached hydrogens (tertiary/aromatic N) is 3. The highest BCUT2D eigenvalue weighted by molar-refractivity contribution is 6.17. The summed E-state index contributed by atoms with van der Waals surface area (Å²) < 4.78 is 37.7. The first kappa shape index (κ1) is 13.4. The van der Waals surface area contributed by atoms with Crippen LogP contribution in [0.5, 0.6) is 0 Å². The molecule has 0 radical (unpaired) electrons. The lowest BCUT2D eigenvalue weighted by Crippen LogP contribution is -2.39. The van der Waals surface area contributed by atoms with Crippen LogP contribution in [0.15, 0.2) is 12.5 Å². The van der Waals surface area contributed by atoms with Gasteiger partial charge in [-0.25, -0.2) is 9.97 Å². The van der Waals surface area contributed by atoms with Crippen molar-refractivity contribution in [2.45, 2.75) is 24.9 Å². The molecular weight excluding hydrogens is 267 g/mol. The Morgan fingerprint density at radius 3 is 2.56 bits per heavy atom. The summed E-state index contributed by atoms with van der Waals surface area (Å²) >= 11 is 5.77. The van der Waals surface area contributed by atoms with Crippen LogP contribution in [0, 0.1) is 5.92 Å². The number of anilines is 1. The smallest absolute Gasteiger partial charge is 0.356 e. The van der Waals surface area contributed by atoms with E-state index in [9.17, 15) is 13.2 Å².